The summed E-state index contributed by atoms with van der Waals surface area (Å²) in [5.74, 6) is -1.33. The van der Waals surface area contributed by atoms with Gasteiger partial charge in [-0.15, -0.1) is 11.3 Å². The average Bonchev–Trinajstić information content (AvgIpc) is 2.95. The third-order valence-electron chi connectivity index (χ3n) is 3.37. The first-order valence-corrected chi connectivity index (χ1v) is 7.51. The molecule has 114 valence electrons. The van der Waals surface area contributed by atoms with Crippen molar-refractivity contribution >= 4 is 11.3 Å². The van der Waals surface area contributed by atoms with Crippen LogP contribution in [-0.4, -0.2) is 4.98 Å². The lowest BCUT2D eigenvalue weighted by Gasteiger charge is -2.08. The highest BCUT2D eigenvalue weighted by Gasteiger charge is 2.16. The van der Waals surface area contributed by atoms with Crippen LogP contribution in [0.5, 0.6) is 0 Å². The quantitative estimate of drug-likeness (QED) is 0.765. The van der Waals surface area contributed by atoms with Crippen LogP contribution in [0.15, 0.2) is 41.2 Å². The van der Waals surface area contributed by atoms with Gasteiger partial charge in [0.05, 0.1) is 10.6 Å². The molecule has 0 spiro atoms. The van der Waals surface area contributed by atoms with Gasteiger partial charge >= 0.3 is 0 Å². The maximum Gasteiger partial charge on any atom is 0.266 e. The second kappa shape index (κ2) is 5.78. The number of nitriles is 1. The van der Waals surface area contributed by atoms with Crippen molar-refractivity contribution in [2.45, 2.75) is 6.92 Å². The number of pyridine rings is 1. The van der Waals surface area contributed by atoms with Crippen molar-refractivity contribution < 1.29 is 8.78 Å². The van der Waals surface area contributed by atoms with Gasteiger partial charge in [0.1, 0.15) is 23.3 Å². The number of thiophene rings is 1. The first-order valence-electron chi connectivity index (χ1n) is 6.69. The second-order valence-corrected chi connectivity index (χ2v) is 6.23. The van der Waals surface area contributed by atoms with Crippen molar-refractivity contribution in [2.24, 2.45) is 0 Å². The molecule has 0 fully saturated rings. The molecule has 3 aromatic rings. The van der Waals surface area contributed by atoms with E-state index in [2.05, 4.69) is 4.98 Å². The van der Waals surface area contributed by atoms with E-state index in [0.29, 0.717) is 5.69 Å². The smallest absolute Gasteiger partial charge is 0.266 e. The minimum absolute atomic E-state index is 0.0781. The van der Waals surface area contributed by atoms with E-state index >= 15 is 0 Å². The standard InChI is InChI=1S/C17H10F2N2OS/c1-9-2-5-16(23-9)15-7-11(13(8-20)17(22)21-15)12-6-10(18)3-4-14(12)19/h2-7H,1H3,(H,21,22). The summed E-state index contributed by atoms with van der Waals surface area (Å²) in [7, 11) is 0. The Hall–Kier alpha value is -2.78. The van der Waals surface area contributed by atoms with Crippen molar-refractivity contribution in [1.29, 1.82) is 5.26 Å². The molecule has 1 N–H and O–H groups in total. The van der Waals surface area contributed by atoms with E-state index in [0.717, 1.165) is 28.0 Å². The van der Waals surface area contributed by atoms with E-state index in [9.17, 15) is 18.8 Å². The van der Waals surface area contributed by atoms with Crippen molar-refractivity contribution in [1.82, 2.24) is 4.98 Å². The number of H-pyrrole nitrogens is 1. The van der Waals surface area contributed by atoms with Crippen molar-refractivity contribution in [2.75, 3.05) is 0 Å². The SMILES string of the molecule is Cc1ccc(-c2cc(-c3cc(F)ccc3F)c(C#N)c(=O)[nH]2)s1. The molecule has 2 heterocycles. The van der Waals surface area contributed by atoms with Gasteiger partial charge in [0.2, 0.25) is 0 Å². The molecule has 1 aromatic carbocycles. The molecule has 6 heteroatoms. The van der Waals surface area contributed by atoms with Gasteiger partial charge in [0, 0.05) is 16.0 Å². The van der Waals surface area contributed by atoms with Crippen LogP contribution in [0.25, 0.3) is 21.7 Å². The van der Waals surface area contributed by atoms with Gasteiger partial charge in [-0.25, -0.2) is 8.78 Å². The van der Waals surface area contributed by atoms with Crippen LogP contribution in [0.1, 0.15) is 10.4 Å². The number of nitrogens with zero attached hydrogens (tertiary/aromatic N) is 1. The lowest BCUT2D eigenvalue weighted by molar-refractivity contribution is 0.603. The molecule has 0 aliphatic heterocycles. The Kier molecular flexibility index (Phi) is 3.80. The summed E-state index contributed by atoms with van der Waals surface area (Å²) in [4.78, 5) is 16.6. The normalized spacial score (nSPS) is 10.5. The van der Waals surface area contributed by atoms with Gasteiger partial charge in [0.25, 0.3) is 5.56 Å². The van der Waals surface area contributed by atoms with Crippen LogP contribution >= 0.6 is 11.3 Å². The van der Waals surface area contributed by atoms with Crippen LogP contribution in [0.3, 0.4) is 0 Å². The molecule has 2 aromatic heterocycles. The Morgan fingerprint density at radius 2 is 1.91 bits per heavy atom. The first-order chi connectivity index (χ1) is 11.0. The fourth-order valence-corrected chi connectivity index (χ4v) is 3.14. The number of aryl methyl sites for hydroxylation is 1. The van der Waals surface area contributed by atoms with E-state index in [-0.39, 0.29) is 16.7 Å². The number of hydrogen-bond acceptors (Lipinski definition) is 3. The molecule has 0 unspecified atom stereocenters. The molecule has 0 aliphatic rings. The summed E-state index contributed by atoms with van der Waals surface area (Å²) in [6.07, 6.45) is 0. The maximum atomic E-state index is 14.1. The molecular formula is C17H10F2N2OS. The molecule has 0 radical (unpaired) electrons. The first kappa shape index (κ1) is 15.1. The number of aromatic nitrogens is 1. The minimum Gasteiger partial charge on any atom is -0.320 e. The summed E-state index contributed by atoms with van der Waals surface area (Å²) < 4.78 is 27.5. The summed E-state index contributed by atoms with van der Waals surface area (Å²) in [6.45, 7) is 1.92. The van der Waals surface area contributed by atoms with Gasteiger partial charge in [-0.05, 0) is 43.3 Å². The summed E-state index contributed by atoms with van der Waals surface area (Å²) in [5.41, 5.74) is -0.441. The monoisotopic (exact) mass is 328 g/mol. The third-order valence-corrected chi connectivity index (χ3v) is 4.40. The van der Waals surface area contributed by atoms with Crippen LogP contribution < -0.4 is 5.56 Å². The highest BCUT2D eigenvalue weighted by molar-refractivity contribution is 7.15. The predicted octanol–water partition coefficient (Wildman–Crippen LogP) is 4.23. The highest BCUT2D eigenvalue weighted by atomic mass is 32.1. The average molecular weight is 328 g/mol. The molecule has 0 amide bonds. The Morgan fingerprint density at radius 3 is 2.57 bits per heavy atom. The number of benzene rings is 1. The largest absolute Gasteiger partial charge is 0.320 e. The van der Waals surface area contributed by atoms with Gasteiger partial charge in [-0.3, -0.25) is 4.79 Å². The molecule has 0 atom stereocenters. The van der Waals surface area contributed by atoms with Gasteiger partial charge in [-0.2, -0.15) is 5.26 Å². The fourth-order valence-electron chi connectivity index (χ4n) is 2.30. The van der Waals surface area contributed by atoms with Gasteiger partial charge in [-0.1, -0.05) is 0 Å². The number of aromatic amines is 1. The minimum atomic E-state index is -0.693. The fraction of sp³-hybridized carbons (Fsp3) is 0.0588. The van der Waals surface area contributed by atoms with Crippen LogP contribution in [-0.2, 0) is 0 Å². The molecule has 3 nitrogen and oxygen atoms in total. The van der Waals surface area contributed by atoms with E-state index in [1.54, 1.807) is 6.07 Å². The van der Waals surface area contributed by atoms with Crippen LogP contribution in [0.2, 0.25) is 0 Å². The zero-order chi connectivity index (χ0) is 16.6. The molecule has 0 saturated carbocycles. The molecule has 0 bridgehead atoms. The number of hydrogen-bond donors (Lipinski definition) is 1. The number of nitrogens with one attached hydrogen (secondary N) is 1. The molecule has 3 rings (SSSR count). The lowest BCUT2D eigenvalue weighted by atomic mass is 10.00. The van der Waals surface area contributed by atoms with Gasteiger partial charge < -0.3 is 4.98 Å². The summed E-state index contributed by atoms with van der Waals surface area (Å²) in [5, 5.41) is 9.20. The Labute approximate surface area is 134 Å². The zero-order valence-electron chi connectivity index (χ0n) is 12.0. The maximum absolute atomic E-state index is 14.1. The van der Waals surface area contributed by atoms with Crippen molar-refractivity contribution in [3.63, 3.8) is 0 Å². The summed E-state index contributed by atoms with van der Waals surface area (Å²) in [6, 6.07) is 9.92. The zero-order valence-corrected chi connectivity index (χ0v) is 12.8. The van der Waals surface area contributed by atoms with E-state index < -0.39 is 17.2 Å². The Balaban J connectivity index is 2.31. The van der Waals surface area contributed by atoms with E-state index in [4.69, 9.17) is 0 Å². The second-order valence-electron chi connectivity index (χ2n) is 4.95. The molecule has 0 aliphatic carbocycles. The Morgan fingerprint density at radius 1 is 1.13 bits per heavy atom. The van der Waals surface area contributed by atoms with Gasteiger partial charge in [0.15, 0.2) is 0 Å². The van der Waals surface area contributed by atoms with Crippen LogP contribution in [0.4, 0.5) is 8.78 Å². The van der Waals surface area contributed by atoms with Crippen molar-refractivity contribution in [3.05, 3.63) is 68.8 Å². The molecule has 23 heavy (non-hydrogen) atoms. The third kappa shape index (κ3) is 2.79. The van der Waals surface area contributed by atoms with Crippen LogP contribution in [0, 0.1) is 29.9 Å². The van der Waals surface area contributed by atoms with Crippen molar-refractivity contribution in [3.8, 4) is 27.8 Å². The van der Waals surface area contributed by atoms with E-state index in [1.807, 2.05) is 19.1 Å². The predicted molar refractivity (Wildman–Crippen MR) is 85.2 cm³/mol. The summed E-state index contributed by atoms with van der Waals surface area (Å²) >= 11 is 1.45. The molecule has 0 saturated heterocycles. The number of rotatable bonds is 2. The highest BCUT2D eigenvalue weighted by Crippen LogP contribution is 2.31. The topological polar surface area (TPSA) is 56.6 Å². The molecular weight excluding hydrogens is 318 g/mol. The lowest BCUT2D eigenvalue weighted by Crippen LogP contribution is -2.12. The Bertz CT molecular complexity index is 999. The number of halogens is 2. The van der Waals surface area contributed by atoms with E-state index in [1.165, 1.54) is 17.4 Å².